The number of carbonyl (C=O) groups is 3. The lowest BCUT2D eigenvalue weighted by Crippen LogP contribution is -2.27. The molecular formula is C29H27ClN2O5S. The van der Waals surface area contributed by atoms with Crippen LogP contribution in [0.2, 0.25) is 5.02 Å². The number of anilines is 1. The van der Waals surface area contributed by atoms with Gasteiger partial charge in [0.2, 0.25) is 0 Å². The lowest BCUT2D eigenvalue weighted by atomic mass is 10.1. The second kappa shape index (κ2) is 12.2. The molecule has 0 atom stereocenters. The molecule has 0 radical (unpaired) electrons. The molecule has 0 saturated carbocycles. The number of amides is 3. The Morgan fingerprint density at radius 2 is 1.82 bits per heavy atom. The normalized spacial score (nSPS) is 14.2. The smallest absolute Gasteiger partial charge is 0.293 e. The van der Waals surface area contributed by atoms with Gasteiger partial charge in [-0.05, 0) is 85.1 Å². The van der Waals surface area contributed by atoms with Gasteiger partial charge < -0.3 is 14.8 Å². The third-order valence-electron chi connectivity index (χ3n) is 5.75. The van der Waals surface area contributed by atoms with Gasteiger partial charge in [0.25, 0.3) is 17.1 Å². The molecule has 3 aromatic carbocycles. The van der Waals surface area contributed by atoms with Crippen molar-refractivity contribution < 1.29 is 23.9 Å². The SMILES string of the molecule is CCOc1cc(/C=C2\SC(=O)N(Cc3ccccc3Cl)C2=O)ccc1OCC(=O)Nc1cc(C)ccc1C. The third-order valence-corrected chi connectivity index (χ3v) is 7.03. The van der Waals surface area contributed by atoms with Crippen LogP contribution in [0.1, 0.15) is 29.2 Å². The molecule has 0 spiro atoms. The first-order valence-corrected chi connectivity index (χ1v) is 13.2. The van der Waals surface area contributed by atoms with E-state index in [1.54, 1.807) is 42.5 Å². The molecule has 3 amide bonds. The van der Waals surface area contributed by atoms with E-state index in [1.165, 1.54) is 4.90 Å². The zero-order valence-corrected chi connectivity index (χ0v) is 22.8. The number of carbonyl (C=O) groups excluding carboxylic acids is 3. The minimum absolute atomic E-state index is 0.1000. The van der Waals surface area contributed by atoms with Gasteiger partial charge in [0.1, 0.15) is 0 Å². The molecule has 0 aromatic heterocycles. The minimum Gasteiger partial charge on any atom is -0.490 e. The Labute approximate surface area is 230 Å². The van der Waals surface area contributed by atoms with Gasteiger partial charge in [-0.2, -0.15) is 0 Å². The van der Waals surface area contributed by atoms with Gasteiger partial charge in [0, 0.05) is 10.7 Å². The first-order chi connectivity index (χ1) is 18.2. The molecular weight excluding hydrogens is 524 g/mol. The fourth-order valence-electron chi connectivity index (χ4n) is 3.79. The van der Waals surface area contributed by atoms with Crippen LogP contribution in [0.5, 0.6) is 11.5 Å². The van der Waals surface area contributed by atoms with E-state index in [0.717, 1.165) is 28.6 Å². The maximum Gasteiger partial charge on any atom is 0.293 e. The van der Waals surface area contributed by atoms with Gasteiger partial charge in [-0.15, -0.1) is 0 Å². The standard InChI is InChI=1S/C29H27ClN2O5S/c1-4-36-25-14-20(11-12-24(25)37-17-27(33)31-23-13-18(2)9-10-19(23)3)15-26-28(34)32(29(35)38-26)16-21-7-5-6-8-22(21)30/h5-15H,4,16-17H2,1-3H3,(H,31,33)/b26-15-. The fourth-order valence-corrected chi connectivity index (χ4v) is 4.82. The number of halogens is 1. The zero-order chi connectivity index (χ0) is 27.2. The summed E-state index contributed by atoms with van der Waals surface area (Å²) in [5, 5.41) is 3.00. The first-order valence-electron chi connectivity index (χ1n) is 12.0. The third kappa shape index (κ3) is 6.57. The molecule has 4 rings (SSSR count). The highest BCUT2D eigenvalue weighted by molar-refractivity contribution is 8.18. The van der Waals surface area contributed by atoms with Gasteiger partial charge in [-0.3, -0.25) is 19.3 Å². The molecule has 38 heavy (non-hydrogen) atoms. The molecule has 9 heteroatoms. The van der Waals surface area contributed by atoms with Gasteiger partial charge in [-0.1, -0.05) is 48.0 Å². The monoisotopic (exact) mass is 550 g/mol. The Balaban J connectivity index is 1.45. The van der Waals surface area contributed by atoms with Crippen molar-refractivity contribution in [2.45, 2.75) is 27.3 Å². The predicted molar refractivity (Wildman–Crippen MR) is 151 cm³/mol. The largest absolute Gasteiger partial charge is 0.490 e. The van der Waals surface area contributed by atoms with Gasteiger partial charge in [-0.25, -0.2) is 0 Å². The molecule has 1 aliphatic heterocycles. The average Bonchev–Trinajstić information content (AvgIpc) is 3.14. The molecule has 196 valence electrons. The number of nitrogens with one attached hydrogen (secondary N) is 1. The second-order valence-electron chi connectivity index (χ2n) is 8.65. The number of imide groups is 1. The van der Waals surface area contributed by atoms with Gasteiger partial charge in [0.05, 0.1) is 18.1 Å². The van der Waals surface area contributed by atoms with Crippen molar-refractivity contribution in [3.63, 3.8) is 0 Å². The predicted octanol–water partition coefficient (Wildman–Crippen LogP) is 6.61. The molecule has 1 aliphatic rings. The number of hydrogen-bond donors (Lipinski definition) is 1. The number of rotatable bonds is 9. The van der Waals surface area contributed by atoms with Crippen LogP contribution >= 0.6 is 23.4 Å². The van der Waals surface area contributed by atoms with Crippen molar-refractivity contribution >= 4 is 52.2 Å². The van der Waals surface area contributed by atoms with Crippen molar-refractivity contribution in [3.05, 3.63) is 92.8 Å². The summed E-state index contributed by atoms with van der Waals surface area (Å²) in [6.07, 6.45) is 1.64. The summed E-state index contributed by atoms with van der Waals surface area (Å²) in [6, 6.07) is 18.1. The molecule has 1 saturated heterocycles. The Morgan fingerprint density at radius 3 is 2.58 bits per heavy atom. The maximum atomic E-state index is 13.0. The second-order valence-corrected chi connectivity index (χ2v) is 10.1. The number of hydrogen-bond acceptors (Lipinski definition) is 6. The van der Waals surface area contributed by atoms with Crippen LogP contribution in [0.25, 0.3) is 6.08 Å². The molecule has 1 heterocycles. The quantitative estimate of drug-likeness (QED) is 0.302. The van der Waals surface area contributed by atoms with E-state index >= 15 is 0 Å². The Hall–Kier alpha value is -3.75. The van der Waals surface area contributed by atoms with E-state index in [-0.39, 0.29) is 30.2 Å². The zero-order valence-electron chi connectivity index (χ0n) is 21.2. The van der Waals surface area contributed by atoms with Crippen LogP contribution in [0.4, 0.5) is 10.5 Å². The van der Waals surface area contributed by atoms with E-state index in [1.807, 2.05) is 45.0 Å². The highest BCUT2D eigenvalue weighted by Crippen LogP contribution is 2.36. The van der Waals surface area contributed by atoms with E-state index in [2.05, 4.69) is 5.32 Å². The van der Waals surface area contributed by atoms with Crippen molar-refractivity contribution in [2.24, 2.45) is 0 Å². The maximum absolute atomic E-state index is 13.0. The summed E-state index contributed by atoms with van der Waals surface area (Å²) in [5.74, 6) is 0.141. The molecule has 3 aromatic rings. The van der Waals surface area contributed by atoms with Gasteiger partial charge in [0.15, 0.2) is 18.1 Å². The summed E-state index contributed by atoms with van der Waals surface area (Å²) in [7, 11) is 0. The van der Waals surface area contributed by atoms with Crippen molar-refractivity contribution in [1.29, 1.82) is 0 Å². The van der Waals surface area contributed by atoms with E-state index in [0.29, 0.717) is 39.2 Å². The summed E-state index contributed by atoms with van der Waals surface area (Å²) in [4.78, 5) is 39.5. The average molecular weight is 551 g/mol. The molecule has 1 fully saturated rings. The van der Waals surface area contributed by atoms with E-state index in [9.17, 15) is 14.4 Å². The van der Waals surface area contributed by atoms with Crippen LogP contribution < -0.4 is 14.8 Å². The Kier molecular flexibility index (Phi) is 8.76. The lowest BCUT2D eigenvalue weighted by Gasteiger charge is -2.14. The van der Waals surface area contributed by atoms with Crippen molar-refractivity contribution in [3.8, 4) is 11.5 Å². The minimum atomic E-state index is -0.388. The van der Waals surface area contributed by atoms with Crippen LogP contribution in [0, 0.1) is 13.8 Å². The molecule has 0 unspecified atom stereocenters. The van der Waals surface area contributed by atoms with Crippen LogP contribution in [-0.2, 0) is 16.1 Å². The van der Waals surface area contributed by atoms with Crippen LogP contribution in [0.3, 0.4) is 0 Å². The molecule has 0 bridgehead atoms. The summed E-state index contributed by atoms with van der Waals surface area (Å²) < 4.78 is 11.5. The number of ether oxygens (including phenoxy) is 2. The molecule has 1 N–H and O–H groups in total. The summed E-state index contributed by atoms with van der Waals surface area (Å²) in [5.41, 5.74) is 4.09. The Morgan fingerprint density at radius 1 is 1.03 bits per heavy atom. The van der Waals surface area contributed by atoms with E-state index in [4.69, 9.17) is 21.1 Å². The number of aryl methyl sites for hydroxylation is 2. The fraction of sp³-hybridized carbons (Fsp3) is 0.207. The van der Waals surface area contributed by atoms with Crippen molar-refractivity contribution in [2.75, 3.05) is 18.5 Å². The van der Waals surface area contributed by atoms with E-state index < -0.39 is 0 Å². The molecule has 0 aliphatic carbocycles. The van der Waals surface area contributed by atoms with Gasteiger partial charge >= 0.3 is 0 Å². The van der Waals surface area contributed by atoms with Crippen LogP contribution in [-0.4, -0.2) is 35.2 Å². The molecule has 7 nitrogen and oxygen atoms in total. The Bertz CT molecular complexity index is 1420. The number of nitrogens with zero attached hydrogens (tertiary/aromatic N) is 1. The topological polar surface area (TPSA) is 84.9 Å². The lowest BCUT2D eigenvalue weighted by molar-refractivity contribution is -0.123. The highest BCUT2D eigenvalue weighted by atomic mass is 35.5. The van der Waals surface area contributed by atoms with Crippen molar-refractivity contribution in [1.82, 2.24) is 4.90 Å². The first kappa shape index (κ1) is 27.3. The summed E-state index contributed by atoms with van der Waals surface area (Å²) in [6.45, 7) is 6.00. The number of thioether (sulfide) groups is 1. The highest BCUT2D eigenvalue weighted by Gasteiger charge is 2.35. The summed E-state index contributed by atoms with van der Waals surface area (Å²) >= 11 is 7.08. The number of benzene rings is 3. The van der Waals surface area contributed by atoms with Crippen LogP contribution in [0.15, 0.2) is 65.6 Å².